The lowest BCUT2D eigenvalue weighted by Crippen LogP contribution is -2.22. The second-order valence-corrected chi connectivity index (χ2v) is 8.25. The molecular formula is C23H21N5O3S. The number of nitrogens with one attached hydrogen (secondary N) is 1. The van der Waals surface area contributed by atoms with Gasteiger partial charge in [0.2, 0.25) is 11.1 Å². The molecule has 0 unspecified atom stereocenters. The highest BCUT2D eigenvalue weighted by Crippen LogP contribution is 2.25. The van der Waals surface area contributed by atoms with Crippen LogP contribution in [0.5, 0.6) is 11.5 Å². The monoisotopic (exact) mass is 447 g/mol. The van der Waals surface area contributed by atoms with E-state index in [-0.39, 0.29) is 11.7 Å². The van der Waals surface area contributed by atoms with Crippen LogP contribution in [0.3, 0.4) is 0 Å². The van der Waals surface area contributed by atoms with Crippen molar-refractivity contribution < 1.29 is 14.6 Å². The number of ether oxygens (including phenoxy) is 1. The van der Waals surface area contributed by atoms with E-state index >= 15 is 0 Å². The van der Waals surface area contributed by atoms with E-state index in [1.165, 1.54) is 16.4 Å². The van der Waals surface area contributed by atoms with Crippen LogP contribution in [0.15, 0.2) is 84.0 Å². The van der Waals surface area contributed by atoms with E-state index < -0.39 is 5.25 Å². The van der Waals surface area contributed by atoms with Crippen molar-refractivity contribution in [1.82, 2.24) is 20.2 Å². The molecule has 0 saturated heterocycles. The Kier molecular flexibility index (Phi) is 6.66. The summed E-state index contributed by atoms with van der Waals surface area (Å²) in [6.45, 7) is 2.27. The van der Waals surface area contributed by atoms with Crippen molar-refractivity contribution in [3.8, 4) is 17.2 Å². The first-order chi connectivity index (χ1) is 15.6. The van der Waals surface area contributed by atoms with Crippen LogP contribution in [-0.4, -0.2) is 36.5 Å². The van der Waals surface area contributed by atoms with Gasteiger partial charge in [-0.15, -0.1) is 5.10 Å². The Morgan fingerprint density at radius 2 is 1.78 bits per heavy atom. The average molecular weight is 448 g/mol. The van der Waals surface area contributed by atoms with E-state index in [1.54, 1.807) is 43.3 Å². The second-order valence-electron chi connectivity index (χ2n) is 6.94. The third kappa shape index (κ3) is 5.44. The van der Waals surface area contributed by atoms with Gasteiger partial charge < -0.3 is 15.2 Å². The normalized spacial score (nSPS) is 11.7. The smallest absolute Gasteiger partial charge is 0.237 e. The van der Waals surface area contributed by atoms with Crippen molar-refractivity contribution in [2.45, 2.75) is 23.9 Å². The van der Waals surface area contributed by atoms with Gasteiger partial charge >= 0.3 is 0 Å². The summed E-state index contributed by atoms with van der Waals surface area (Å²) < 4.78 is 7.30. The van der Waals surface area contributed by atoms with E-state index in [0.29, 0.717) is 23.1 Å². The summed E-state index contributed by atoms with van der Waals surface area (Å²) in [5.41, 5.74) is 2.45. The molecule has 2 N–H and O–H groups in total. The molecule has 0 aliphatic carbocycles. The van der Waals surface area contributed by atoms with Crippen LogP contribution in [0.4, 0.5) is 5.69 Å². The van der Waals surface area contributed by atoms with Gasteiger partial charge in [-0.05, 0) is 71.4 Å². The fourth-order valence-electron chi connectivity index (χ4n) is 2.84. The van der Waals surface area contributed by atoms with Gasteiger partial charge in [0.25, 0.3) is 0 Å². The number of aromatic hydroxyl groups is 1. The number of benzene rings is 3. The minimum Gasteiger partial charge on any atom is -0.508 e. The zero-order chi connectivity index (χ0) is 22.3. The number of tetrazole rings is 1. The highest BCUT2D eigenvalue weighted by Gasteiger charge is 2.19. The molecular weight excluding hydrogens is 426 g/mol. The molecule has 4 aromatic rings. The molecule has 9 heteroatoms. The van der Waals surface area contributed by atoms with Gasteiger partial charge in [-0.1, -0.05) is 42.1 Å². The number of phenols is 1. The summed E-state index contributed by atoms with van der Waals surface area (Å²) in [5, 5.41) is 24.1. The summed E-state index contributed by atoms with van der Waals surface area (Å²) >= 11 is 1.24. The third-order valence-corrected chi connectivity index (χ3v) is 5.59. The lowest BCUT2D eigenvalue weighted by atomic mass is 10.2. The van der Waals surface area contributed by atoms with Crippen molar-refractivity contribution in [1.29, 1.82) is 0 Å². The molecule has 0 aliphatic heterocycles. The summed E-state index contributed by atoms with van der Waals surface area (Å²) in [6.07, 6.45) is 0. The van der Waals surface area contributed by atoms with Crippen molar-refractivity contribution in [2.75, 3.05) is 5.32 Å². The van der Waals surface area contributed by atoms with Crippen molar-refractivity contribution in [3.63, 3.8) is 0 Å². The van der Waals surface area contributed by atoms with E-state index in [2.05, 4.69) is 20.8 Å². The summed E-state index contributed by atoms with van der Waals surface area (Å²) in [7, 11) is 0. The number of amides is 1. The van der Waals surface area contributed by atoms with Crippen LogP contribution >= 0.6 is 11.8 Å². The first kappa shape index (κ1) is 21.4. The van der Waals surface area contributed by atoms with Gasteiger partial charge in [0.15, 0.2) is 0 Å². The number of phenolic OH excluding ortho intramolecular Hbond substituents is 1. The minimum absolute atomic E-state index is 0.153. The van der Waals surface area contributed by atoms with Crippen LogP contribution in [0.25, 0.3) is 5.69 Å². The highest BCUT2D eigenvalue weighted by molar-refractivity contribution is 8.00. The van der Waals surface area contributed by atoms with Crippen LogP contribution in [0.1, 0.15) is 12.5 Å². The highest BCUT2D eigenvalue weighted by atomic mass is 32.2. The number of nitrogens with zero attached hydrogens (tertiary/aromatic N) is 4. The number of carbonyl (C=O) groups is 1. The predicted molar refractivity (Wildman–Crippen MR) is 122 cm³/mol. The topological polar surface area (TPSA) is 102 Å². The largest absolute Gasteiger partial charge is 0.508 e. The second kappa shape index (κ2) is 9.97. The third-order valence-electron chi connectivity index (χ3n) is 4.56. The number of thioether (sulfide) groups is 1. The van der Waals surface area contributed by atoms with Gasteiger partial charge in [0, 0.05) is 5.69 Å². The molecule has 1 atom stereocenters. The molecule has 162 valence electrons. The maximum atomic E-state index is 12.7. The van der Waals surface area contributed by atoms with Gasteiger partial charge in [-0.25, -0.2) is 0 Å². The Labute approximate surface area is 189 Å². The number of rotatable bonds is 8. The summed E-state index contributed by atoms with van der Waals surface area (Å²) in [6, 6.07) is 23.7. The van der Waals surface area contributed by atoms with Crippen LogP contribution < -0.4 is 10.1 Å². The zero-order valence-corrected chi connectivity index (χ0v) is 18.1. The van der Waals surface area contributed by atoms with Crippen molar-refractivity contribution in [2.24, 2.45) is 0 Å². The fraction of sp³-hybridized carbons (Fsp3) is 0.130. The first-order valence-electron chi connectivity index (χ1n) is 9.90. The maximum absolute atomic E-state index is 12.7. The van der Waals surface area contributed by atoms with Crippen LogP contribution in [-0.2, 0) is 11.4 Å². The molecule has 1 heterocycles. The molecule has 8 nitrogen and oxygen atoms in total. The fourth-order valence-corrected chi connectivity index (χ4v) is 3.65. The van der Waals surface area contributed by atoms with E-state index in [4.69, 9.17) is 4.74 Å². The zero-order valence-electron chi connectivity index (χ0n) is 17.3. The molecule has 0 spiro atoms. The Hall–Kier alpha value is -3.85. The first-order valence-corrected chi connectivity index (χ1v) is 10.8. The predicted octanol–water partition coefficient (Wildman–Crippen LogP) is 4.07. The number of anilines is 1. The lowest BCUT2D eigenvalue weighted by molar-refractivity contribution is -0.115. The average Bonchev–Trinajstić information content (AvgIpc) is 3.28. The SMILES string of the molecule is C[C@H](Sc1nnnn1-c1ccc(O)cc1)C(=O)Nc1ccc(OCc2ccccc2)cc1. The number of carbonyl (C=O) groups excluding carboxylic acids is 1. The molecule has 0 bridgehead atoms. The molecule has 0 radical (unpaired) electrons. The molecule has 0 saturated carbocycles. The maximum Gasteiger partial charge on any atom is 0.237 e. The summed E-state index contributed by atoms with van der Waals surface area (Å²) in [4.78, 5) is 12.7. The minimum atomic E-state index is -0.439. The quantitative estimate of drug-likeness (QED) is 0.393. The van der Waals surface area contributed by atoms with Gasteiger partial charge in [-0.2, -0.15) is 4.68 Å². The van der Waals surface area contributed by atoms with E-state index in [9.17, 15) is 9.90 Å². The van der Waals surface area contributed by atoms with Gasteiger partial charge in [-0.3, -0.25) is 4.79 Å². The van der Waals surface area contributed by atoms with Crippen LogP contribution in [0, 0.1) is 0 Å². The lowest BCUT2D eigenvalue weighted by Gasteiger charge is -2.12. The van der Waals surface area contributed by atoms with Crippen molar-refractivity contribution >= 4 is 23.4 Å². The Morgan fingerprint density at radius 3 is 2.50 bits per heavy atom. The molecule has 0 fully saturated rings. The summed E-state index contributed by atoms with van der Waals surface area (Å²) in [5.74, 6) is 0.704. The van der Waals surface area contributed by atoms with Crippen LogP contribution in [0.2, 0.25) is 0 Å². The Balaban J connectivity index is 1.33. The molecule has 4 rings (SSSR count). The molecule has 1 amide bonds. The Bertz CT molecular complexity index is 1160. The van der Waals surface area contributed by atoms with Gasteiger partial charge in [0.05, 0.1) is 10.9 Å². The molecule has 0 aliphatic rings. The molecule has 1 aromatic heterocycles. The van der Waals surface area contributed by atoms with E-state index in [1.807, 2.05) is 42.5 Å². The Morgan fingerprint density at radius 1 is 1.06 bits per heavy atom. The number of hydrogen-bond acceptors (Lipinski definition) is 7. The van der Waals surface area contributed by atoms with Gasteiger partial charge in [0.1, 0.15) is 18.1 Å². The number of aromatic nitrogens is 4. The standard InChI is InChI=1S/C23H21N5O3S/c1-16(32-23-25-26-27-28(23)19-9-11-20(29)12-10-19)22(30)24-18-7-13-21(14-8-18)31-15-17-5-3-2-4-6-17/h2-14,16,29H,15H2,1H3,(H,24,30)/t16-/m0/s1. The molecule has 3 aromatic carbocycles. The number of hydrogen-bond donors (Lipinski definition) is 2. The van der Waals surface area contributed by atoms with Crippen molar-refractivity contribution in [3.05, 3.63) is 84.4 Å². The molecule has 32 heavy (non-hydrogen) atoms. The van der Waals surface area contributed by atoms with E-state index in [0.717, 1.165) is 11.3 Å².